The first-order valence-corrected chi connectivity index (χ1v) is 7.38. The highest BCUT2D eigenvalue weighted by molar-refractivity contribution is 5.83. The van der Waals surface area contributed by atoms with Gasteiger partial charge in [-0.05, 0) is 39.5 Å². The Labute approximate surface area is 113 Å². The first-order chi connectivity index (χ1) is 8.25. The topological polar surface area (TPSA) is 27.6 Å². The minimum absolute atomic E-state index is 0.411. The molecule has 2 atom stereocenters. The zero-order chi connectivity index (χ0) is 14.0. The second kappa shape index (κ2) is 5.94. The standard InChI is InChI=1S/C15H31N3/c1-9(2)13-14(10(3)4)18(12(7)8)15(17-13)16-11(5)6/h9-14H,1-8H3,(H,16,17). The normalized spacial score (nSPS) is 24.7. The van der Waals surface area contributed by atoms with E-state index in [1.165, 1.54) is 0 Å². The Morgan fingerprint density at radius 3 is 1.83 bits per heavy atom. The summed E-state index contributed by atoms with van der Waals surface area (Å²) in [5.74, 6) is 2.30. The van der Waals surface area contributed by atoms with Gasteiger partial charge in [0.15, 0.2) is 5.96 Å². The summed E-state index contributed by atoms with van der Waals surface area (Å²) >= 11 is 0. The zero-order valence-corrected chi connectivity index (χ0v) is 13.4. The van der Waals surface area contributed by atoms with Gasteiger partial charge in [-0.3, -0.25) is 0 Å². The van der Waals surface area contributed by atoms with E-state index >= 15 is 0 Å². The van der Waals surface area contributed by atoms with E-state index in [1.807, 2.05) is 0 Å². The fraction of sp³-hybridized carbons (Fsp3) is 0.933. The van der Waals surface area contributed by atoms with Crippen LogP contribution in [0.1, 0.15) is 55.4 Å². The van der Waals surface area contributed by atoms with Crippen molar-refractivity contribution >= 4 is 5.96 Å². The third-order valence-electron chi connectivity index (χ3n) is 3.53. The summed E-state index contributed by atoms with van der Waals surface area (Å²) in [5, 5.41) is 3.52. The van der Waals surface area contributed by atoms with Crippen molar-refractivity contribution in [2.75, 3.05) is 0 Å². The van der Waals surface area contributed by atoms with E-state index in [-0.39, 0.29) is 0 Å². The van der Waals surface area contributed by atoms with Crippen LogP contribution in [0, 0.1) is 11.8 Å². The van der Waals surface area contributed by atoms with E-state index in [2.05, 4.69) is 65.6 Å². The molecule has 3 nitrogen and oxygen atoms in total. The average molecular weight is 253 g/mol. The summed E-state index contributed by atoms with van der Waals surface area (Å²) in [7, 11) is 0. The Hall–Kier alpha value is -0.730. The Morgan fingerprint density at radius 2 is 1.50 bits per heavy atom. The van der Waals surface area contributed by atoms with Crippen LogP contribution in [0.5, 0.6) is 0 Å². The highest BCUT2D eigenvalue weighted by Crippen LogP contribution is 2.30. The summed E-state index contributed by atoms with van der Waals surface area (Å²) in [6.07, 6.45) is 0. The van der Waals surface area contributed by atoms with Gasteiger partial charge in [0.25, 0.3) is 0 Å². The smallest absolute Gasteiger partial charge is 0.195 e. The molecule has 106 valence electrons. The molecule has 1 heterocycles. The van der Waals surface area contributed by atoms with Crippen LogP contribution in [0.3, 0.4) is 0 Å². The Bertz CT molecular complexity index is 292. The maximum absolute atomic E-state index is 4.96. The molecule has 0 radical (unpaired) electrons. The van der Waals surface area contributed by atoms with Gasteiger partial charge in [0.2, 0.25) is 0 Å². The number of hydrogen-bond donors (Lipinski definition) is 1. The fourth-order valence-corrected chi connectivity index (χ4v) is 2.81. The molecule has 0 aromatic heterocycles. The Morgan fingerprint density at radius 1 is 0.944 bits per heavy atom. The third kappa shape index (κ3) is 3.18. The molecule has 0 aliphatic carbocycles. The van der Waals surface area contributed by atoms with Gasteiger partial charge in [-0.25, -0.2) is 4.99 Å². The molecule has 0 aromatic carbocycles. The molecule has 0 aromatic rings. The molecule has 1 N–H and O–H groups in total. The van der Waals surface area contributed by atoms with Crippen molar-refractivity contribution < 1.29 is 0 Å². The monoisotopic (exact) mass is 253 g/mol. The SMILES string of the molecule is CC(C)NC1=NC(C(C)C)C(C(C)C)N1C(C)C. The van der Waals surface area contributed by atoms with Crippen molar-refractivity contribution in [1.82, 2.24) is 10.2 Å². The van der Waals surface area contributed by atoms with Gasteiger partial charge in [-0.15, -0.1) is 0 Å². The quantitative estimate of drug-likeness (QED) is 0.833. The van der Waals surface area contributed by atoms with Crippen LogP contribution >= 0.6 is 0 Å². The molecule has 0 saturated heterocycles. The van der Waals surface area contributed by atoms with Gasteiger partial charge in [-0.1, -0.05) is 27.7 Å². The van der Waals surface area contributed by atoms with Gasteiger partial charge in [0, 0.05) is 12.1 Å². The van der Waals surface area contributed by atoms with Crippen molar-refractivity contribution in [1.29, 1.82) is 0 Å². The van der Waals surface area contributed by atoms with Gasteiger partial charge in [0.05, 0.1) is 12.1 Å². The highest BCUT2D eigenvalue weighted by atomic mass is 15.4. The van der Waals surface area contributed by atoms with Crippen molar-refractivity contribution in [3.05, 3.63) is 0 Å². The van der Waals surface area contributed by atoms with E-state index in [1.54, 1.807) is 0 Å². The molecule has 0 saturated carbocycles. The van der Waals surface area contributed by atoms with Crippen LogP contribution in [0.15, 0.2) is 4.99 Å². The van der Waals surface area contributed by atoms with E-state index in [4.69, 9.17) is 4.99 Å². The predicted octanol–water partition coefficient (Wildman–Crippen LogP) is 3.11. The maximum atomic E-state index is 4.96. The first kappa shape index (κ1) is 15.3. The molecule has 0 amide bonds. The summed E-state index contributed by atoms with van der Waals surface area (Å²) in [6, 6.07) is 1.86. The molecule has 3 heteroatoms. The van der Waals surface area contributed by atoms with Crippen molar-refractivity contribution in [3.63, 3.8) is 0 Å². The predicted molar refractivity (Wildman–Crippen MR) is 79.9 cm³/mol. The lowest BCUT2D eigenvalue weighted by molar-refractivity contribution is 0.181. The highest BCUT2D eigenvalue weighted by Gasteiger charge is 2.40. The van der Waals surface area contributed by atoms with Crippen LogP contribution in [0.4, 0.5) is 0 Å². The number of hydrogen-bond acceptors (Lipinski definition) is 3. The van der Waals surface area contributed by atoms with Gasteiger partial charge in [-0.2, -0.15) is 0 Å². The number of nitrogens with one attached hydrogen (secondary N) is 1. The van der Waals surface area contributed by atoms with Crippen LogP contribution in [0.2, 0.25) is 0 Å². The van der Waals surface area contributed by atoms with Crippen LogP contribution in [-0.4, -0.2) is 35.0 Å². The van der Waals surface area contributed by atoms with E-state index in [0.717, 1.165) is 5.96 Å². The summed E-state index contributed by atoms with van der Waals surface area (Å²) in [5.41, 5.74) is 0. The van der Waals surface area contributed by atoms with Gasteiger partial charge < -0.3 is 10.2 Å². The summed E-state index contributed by atoms with van der Waals surface area (Å²) < 4.78 is 0. The second-order valence-corrected chi connectivity index (χ2v) is 6.72. The maximum Gasteiger partial charge on any atom is 0.195 e. The van der Waals surface area contributed by atoms with Crippen molar-refractivity contribution in [2.45, 2.75) is 79.6 Å². The third-order valence-corrected chi connectivity index (χ3v) is 3.53. The van der Waals surface area contributed by atoms with Crippen LogP contribution < -0.4 is 5.32 Å². The Kier molecular flexibility index (Phi) is 5.06. The summed E-state index contributed by atoms with van der Waals surface area (Å²) in [6.45, 7) is 18.0. The van der Waals surface area contributed by atoms with Gasteiger partial charge in [0.1, 0.15) is 0 Å². The number of nitrogens with zero attached hydrogens (tertiary/aromatic N) is 2. The largest absolute Gasteiger partial charge is 0.354 e. The number of rotatable bonds is 4. The fourth-order valence-electron chi connectivity index (χ4n) is 2.81. The molecule has 1 rings (SSSR count). The average Bonchev–Trinajstić information content (AvgIpc) is 2.55. The number of guanidine groups is 1. The van der Waals surface area contributed by atoms with Crippen molar-refractivity contribution in [3.8, 4) is 0 Å². The molecule has 18 heavy (non-hydrogen) atoms. The molecule has 0 fully saturated rings. The first-order valence-electron chi connectivity index (χ1n) is 7.38. The minimum Gasteiger partial charge on any atom is -0.354 e. The molecular weight excluding hydrogens is 222 g/mol. The van der Waals surface area contributed by atoms with Crippen LogP contribution in [0.25, 0.3) is 0 Å². The van der Waals surface area contributed by atoms with Crippen LogP contribution in [-0.2, 0) is 0 Å². The molecule has 2 unspecified atom stereocenters. The molecule has 0 spiro atoms. The zero-order valence-electron chi connectivity index (χ0n) is 13.4. The molecule has 1 aliphatic rings. The van der Waals surface area contributed by atoms with Gasteiger partial charge >= 0.3 is 0 Å². The molecular formula is C15H31N3. The lowest BCUT2D eigenvalue weighted by atomic mass is 9.89. The molecule has 1 aliphatic heterocycles. The lowest BCUT2D eigenvalue weighted by Crippen LogP contribution is -2.52. The Balaban J connectivity index is 3.03. The number of aliphatic imine (C=N–C) groups is 1. The lowest BCUT2D eigenvalue weighted by Gasteiger charge is -2.37. The molecule has 0 bridgehead atoms. The van der Waals surface area contributed by atoms with Crippen molar-refractivity contribution in [2.24, 2.45) is 16.8 Å². The second-order valence-electron chi connectivity index (χ2n) is 6.72. The summed E-state index contributed by atoms with van der Waals surface area (Å²) in [4.78, 5) is 7.45. The van der Waals surface area contributed by atoms with E-state index in [9.17, 15) is 0 Å². The van der Waals surface area contributed by atoms with E-state index < -0.39 is 0 Å². The minimum atomic E-state index is 0.411. The van der Waals surface area contributed by atoms with E-state index in [0.29, 0.717) is 36.0 Å².